The Morgan fingerprint density at radius 1 is 1.17 bits per heavy atom. The molecular weight excluding hydrogens is 236 g/mol. The van der Waals surface area contributed by atoms with Crippen molar-refractivity contribution in [2.75, 3.05) is 4.90 Å². The average Bonchev–Trinajstić information content (AvgIpc) is 2.30. The number of anilines is 1. The predicted molar refractivity (Wildman–Crippen MR) is 65.2 cm³/mol. The number of carbonyl (C=O) groups excluding carboxylic acids is 2. The monoisotopic (exact) mass is 251 g/mol. The highest BCUT2D eigenvalue weighted by Crippen LogP contribution is 2.15. The van der Waals surface area contributed by atoms with Crippen molar-refractivity contribution < 1.29 is 19.8 Å². The molecule has 6 nitrogen and oxygen atoms in total. The summed E-state index contributed by atoms with van der Waals surface area (Å²) in [6, 6.07) is 7.29. The lowest BCUT2D eigenvalue weighted by Crippen LogP contribution is -2.51. The zero-order valence-corrected chi connectivity index (χ0v) is 10.1. The summed E-state index contributed by atoms with van der Waals surface area (Å²) >= 11 is 0. The number of imide groups is 1. The Morgan fingerprint density at radius 3 is 2.06 bits per heavy atom. The minimum Gasteiger partial charge on any atom is -0.374 e. The molecule has 18 heavy (non-hydrogen) atoms. The molecule has 1 aromatic carbocycles. The number of aliphatic hydroxyl groups excluding tert-OH is 2. The normalized spacial score (nSPS) is 13.6. The van der Waals surface area contributed by atoms with Gasteiger partial charge in [0.25, 0.3) is 0 Å². The van der Waals surface area contributed by atoms with Crippen LogP contribution in [0.1, 0.15) is 13.8 Å². The van der Waals surface area contributed by atoms with Crippen LogP contribution in [0.3, 0.4) is 0 Å². The molecule has 0 aliphatic heterocycles. The van der Waals surface area contributed by atoms with E-state index in [1.807, 2.05) is 0 Å². The second-order valence-corrected chi connectivity index (χ2v) is 3.72. The maximum Gasteiger partial charge on any atom is 0.335 e. The maximum atomic E-state index is 12.0. The topological polar surface area (TPSA) is 81.1 Å². The van der Waals surface area contributed by atoms with E-state index in [9.17, 15) is 19.8 Å². The van der Waals surface area contributed by atoms with Crippen molar-refractivity contribution >= 4 is 18.1 Å². The summed E-state index contributed by atoms with van der Waals surface area (Å²) in [5.74, 6) is 0. The molecule has 0 heterocycles. The van der Waals surface area contributed by atoms with Crippen molar-refractivity contribution in [1.82, 2.24) is 4.90 Å². The summed E-state index contributed by atoms with van der Waals surface area (Å²) in [4.78, 5) is 24.4. The average molecular weight is 251 g/mol. The molecule has 0 fully saturated rings. The summed E-state index contributed by atoms with van der Waals surface area (Å²) in [6.07, 6.45) is -0.972. The van der Waals surface area contributed by atoms with Gasteiger partial charge in [-0.3, -0.25) is 9.69 Å². The number of hydrogen-bond acceptors (Lipinski definition) is 4. The summed E-state index contributed by atoms with van der Waals surface area (Å²) in [7, 11) is 0. The molecule has 0 aromatic heterocycles. The molecule has 3 amide bonds. The third-order valence-electron chi connectivity index (χ3n) is 2.32. The van der Waals surface area contributed by atoms with Crippen molar-refractivity contribution in [2.45, 2.75) is 26.3 Å². The van der Waals surface area contributed by atoms with Gasteiger partial charge in [-0.25, -0.2) is 9.69 Å². The van der Waals surface area contributed by atoms with E-state index >= 15 is 0 Å². The zero-order chi connectivity index (χ0) is 13.7. The lowest BCUT2D eigenvalue weighted by atomic mass is 10.3. The molecule has 1 rings (SSSR count). The number of para-hydroxylation sites is 1. The quantitative estimate of drug-likeness (QED) is 0.608. The van der Waals surface area contributed by atoms with Gasteiger partial charge < -0.3 is 10.2 Å². The SMILES string of the molecule is CC(O)N(C(=O)N([C]=O)c1ccccc1)C(C)O. The molecule has 1 radical (unpaired) electrons. The molecule has 97 valence electrons. The van der Waals surface area contributed by atoms with Crippen molar-refractivity contribution in [3.8, 4) is 0 Å². The van der Waals surface area contributed by atoms with E-state index in [0.717, 1.165) is 4.90 Å². The Balaban J connectivity index is 3.02. The number of urea groups is 1. The van der Waals surface area contributed by atoms with Gasteiger partial charge >= 0.3 is 12.4 Å². The van der Waals surface area contributed by atoms with Crippen LogP contribution < -0.4 is 4.90 Å². The first kappa shape index (κ1) is 14.1. The fourth-order valence-corrected chi connectivity index (χ4v) is 1.53. The standard InChI is InChI=1S/C12H15N2O4/c1-9(16)14(10(2)17)12(18)13(8-15)11-6-4-3-5-7-11/h3-7,9-10,16-17H,1-2H3. The lowest BCUT2D eigenvalue weighted by Gasteiger charge is -2.31. The van der Waals surface area contributed by atoms with Crippen molar-refractivity contribution in [3.63, 3.8) is 0 Å². The number of aliphatic hydroxyl groups is 2. The number of nitrogens with zero attached hydrogens (tertiary/aromatic N) is 2. The first-order chi connectivity index (χ1) is 8.49. The highest BCUT2D eigenvalue weighted by molar-refractivity contribution is 6.06. The van der Waals surface area contributed by atoms with E-state index in [4.69, 9.17) is 0 Å². The minimum atomic E-state index is -1.22. The van der Waals surface area contributed by atoms with E-state index < -0.39 is 18.5 Å². The zero-order valence-electron chi connectivity index (χ0n) is 10.1. The fourth-order valence-electron chi connectivity index (χ4n) is 1.53. The van der Waals surface area contributed by atoms with Crippen LogP contribution in [0.15, 0.2) is 30.3 Å². The molecule has 1 aromatic rings. The van der Waals surface area contributed by atoms with Crippen LogP contribution in [0.25, 0.3) is 0 Å². The number of benzene rings is 1. The van der Waals surface area contributed by atoms with Gasteiger partial charge in [-0.1, -0.05) is 18.2 Å². The van der Waals surface area contributed by atoms with E-state index in [-0.39, 0.29) is 0 Å². The molecule has 0 aliphatic rings. The van der Waals surface area contributed by atoms with Crippen molar-refractivity contribution in [2.24, 2.45) is 0 Å². The molecule has 0 spiro atoms. The molecule has 2 unspecified atom stereocenters. The van der Waals surface area contributed by atoms with E-state index in [2.05, 4.69) is 0 Å². The van der Waals surface area contributed by atoms with E-state index in [1.165, 1.54) is 20.3 Å². The Kier molecular flexibility index (Phi) is 4.82. The van der Waals surface area contributed by atoms with Gasteiger partial charge in [-0.2, -0.15) is 0 Å². The summed E-state index contributed by atoms with van der Waals surface area (Å²) in [5.41, 5.74) is 0.309. The van der Waals surface area contributed by atoms with Crippen LogP contribution >= 0.6 is 0 Å². The Bertz CT molecular complexity index is 398. The molecule has 0 saturated heterocycles. The Labute approximate surface area is 105 Å². The number of carbonyl (C=O) groups is 1. The van der Waals surface area contributed by atoms with Crippen LogP contribution in [0.4, 0.5) is 10.5 Å². The number of amides is 3. The predicted octanol–water partition coefficient (Wildman–Crippen LogP) is 0.659. The lowest BCUT2D eigenvalue weighted by molar-refractivity contribution is -0.0490. The van der Waals surface area contributed by atoms with Crippen LogP contribution in [0.5, 0.6) is 0 Å². The number of hydrogen-bond donors (Lipinski definition) is 2. The third kappa shape index (κ3) is 3.06. The van der Waals surface area contributed by atoms with Crippen molar-refractivity contribution in [3.05, 3.63) is 30.3 Å². The smallest absolute Gasteiger partial charge is 0.335 e. The molecule has 2 atom stereocenters. The highest BCUT2D eigenvalue weighted by atomic mass is 16.3. The fraction of sp³-hybridized carbons (Fsp3) is 0.333. The molecule has 0 bridgehead atoms. The van der Waals surface area contributed by atoms with Gasteiger partial charge in [0, 0.05) is 0 Å². The first-order valence-electron chi connectivity index (χ1n) is 5.40. The minimum absolute atomic E-state index is 0.309. The summed E-state index contributed by atoms with van der Waals surface area (Å²) in [6.45, 7) is 2.64. The Hall–Kier alpha value is -1.92. The third-order valence-corrected chi connectivity index (χ3v) is 2.32. The Morgan fingerprint density at radius 2 is 1.67 bits per heavy atom. The maximum absolute atomic E-state index is 12.0. The molecular formula is C12H15N2O4. The van der Waals surface area contributed by atoms with E-state index in [1.54, 1.807) is 30.3 Å². The van der Waals surface area contributed by atoms with Gasteiger partial charge in [-0.15, -0.1) is 0 Å². The largest absolute Gasteiger partial charge is 0.374 e. The van der Waals surface area contributed by atoms with Crippen LogP contribution in [-0.4, -0.2) is 40.0 Å². The highest BCUT2D eigenvalue weighted by Gasteiger charge is 2.28. The van der Waals surface area contributed by atoms with Crippen molar-refractivity contribution in [1.29, 1.82) is 0 Å². The molecule has 0 aliphatic carbocycles. The van der Waals surface area contributed by atoms with Crippen LogP contribution in [0.2, 0.25) is 0 Å². The number of rotatable bonds is 4. The molecule has 6 heteroatoms. The van der Waals surface area contributed by atoms with Crippen LogP contribution in [0, 0.1) is 0 Å². The second kappa shape index (κ2) is 6.13. The van der Waals surface area contributed by atoms with Gasteiger partial charge in [0.1, 0.15) is 12.5 Å². The molecule has 0 saturated carbocycles. The van der Waals surface area contributed by atoms with Gasteiger partial charge in [0.2, 0.25) is 0 Å². The summed E-state index contributed by atoms with van der Waals surface area (Å²) in [5, 5.41) is 18.9. The van der Waals surface area contributed by atoms with Gasteiger partial charge in [0.05, 0.1) is 5.69 Å². The molecule has 2 N–H and O–H groups in total. The second-order valence-electron chi connectivity index (χ2n) is 3.72. The van der Waals surface area contributed by atoms with E-state index in [0.29, 0.717) is 10.6 Å². The van der Waals surface area contributed by atoms with Gasteiger partial charge in [0.15, 0.2) is 0 Å². The summed E-state index contributed by atoms with van der Waals surface area (Å²) < 4.78 is 0. The van der Waals surface area contributed by atoms with Gasteiger partial charge in [-0.05, 0) is 26.0 Å². The van der Waals surface area contributed by atoms with Crippen LogP contribution in [-0.2, 0) is 4.79 Å². The first-order valence-corrected chi connectivity index (χ1v) is 5.40.